The highest BCUT2D eigenvalue weighted by molar-refractivity contribution is 5.78. The predicted molar refractivity (Wildman–Crippen MR) is 179 cm³/mol. The van der Waals surface area contributed by atoms with Gasteiger partial charge in [0.1, 0.15) is 0 Å². The molecule has 4 atom stereocenters. The lowest BCUT2D eigenvalue weighted by atomic mass is 9.72. The molecule has 0 N–H and O–H groups in total. The number of hydrogen-bond acceptors (Lipinski definition) is 4. The van der Waals surface area contributed by atoms with Gasteiger partial charge in [0.05, 0.1) is 0 Å². The van der Waals surface area contributed by atoms with Crippen molar-refractivity contribution in [2.75, 3.05) is 9.80 Å². The van der Waals surface area contributed by atoms with E-state index in [1.165, 1.54) is 33.9 Å². The number of fused-ring (bicyclic) bond motifs is 6. The number of aromatic nitrogens is 2. The van der Waals surface area contributed by atoms with E-state index in [-0.39, 0.29) is 0 Å². The minimum Gasteiger partial charge on any atom is -0.337 e. The van der Waals surface area contributed by atoms with E-state index >= 15 is 0 Å². The monoisotopic (exact) mass is 568 g/mol. The standard InChI is InChI=1S/C40H32N4/c1-3-11-28(12-4-1)40-41-25-29(26-42-40)27-19-21-31(22-20-27)44-37-18-10-8-16-33(37)35-23-34-32-15-7-9-17-36(32)43(38(34)24-39(35)44)30-13-5-2-6-14-30/h1-22,25-26,34-35,38-39H,23-24H2. The summed E-state index contributed by atoms with van der Waals surface area (Å²) in [7, 11) is 0. The van der Waals surface area contributed by atoms with Gasteiger partial charge in [-0.1, -0.05) is 97.1 Å². The van der Waals surface area contributed by atoms with Gasteiger partial charge in [0.15, 0.2) is 5.82 Å². The molecule has 3 aliphatic rings. The Morgan fingerprint density at radius 3 is 1.52 bits per heavy atom. The highest BCUT2D eigenvalue weighted by Crippen LogP contribution is 2.59. The fourth-order valence-corrected chi connectivity index (χ4v) is 8.08. The van der Waals surface area contributed by atoms with Crippen molar-refractivity contribution in [3.8, 4) is 22.5 Å². The summed E-state index contributed by atoms with van der Waals surface area (Å²) >= 11 is 0. The molecular weight excluding hydrogens is 536 g/mol. The Balaban J connectivity index is 1.06. The molecule has 0 spiro atoms. The van der Waals surface area contributed by atoms with Crippen LogP contribution < -0.4 is 9.80 Å². The summed E-state index contributed by atoms with van der Waals surface area (Å²) in [5.41, 5.74) is 11.4. The predicted octanol–water partition coefficient (Wildman–Crippen LogP) is 9.51. The van der Waals surface area contributed by atoms with Crippen molar-refractivity contribution in [3.63, 3.8) is 0 Å². The average Bonchev–Trinajstić information content (AvgIpc) is 3.60. The van der Waals surface area contributed by atoms with Gasteiger partial charge in [-0.15, -0.1) is 0 Å². The first-order chi connectivity index (χ1) is 21.8. The third-order valence-electron chi connectivity index (χ3n) is 9.97. The van der Waals surface area contributed by atoms with Crippen LogP contribution in [0.25, 0.3) is 22.5 Å². The Kier molecular flexibility index (Phi) is 5.86. The summed E-state index contributed by atoms with van der Waals surface area (Å²) in [6, 6.07) is 49.1. The van der Waals surface area contributed by atoms with Crippen LogP contribution >= 0.6 is 0 Å². The van der Waals surface area contributed by atoms with Gasteiger partial charge in [0.25, 0.3) is 0 Å². The molecule has 0 saturated heterocycles. The number of benzene rings is 5. The van der Waals surface area contributed by atoms with Crippen LogP contribution in [0.4, 0.5) is 22.7 Å². The number of para-hydroxylation sites is 3. The lowest BCUT2D eigenvalue weighted by molar-refractivity contribution is 0.332. The normalized spacial score (nSPS) is 21.4. The van der Waals surface area contributed by atoms with Crippen molar-refractivity contribution in [1.29, 1.82) is 0 Å². The van der Waals surface area contributed by atoms with E-state index in [4.69, 9.17) is 0 Å². The first kappa shape index (κ1) is 25.3. The highest BCUT2D eigenvalue weighted by atomic mass is 15.2. The van der Waals surface area contributed by atoms with Crippen molar-refractivity contribution in [3.05, 3.63) is 157 Å². The molecule has 9 rings (SSSR count). The second kappa shape index (κ2) is 10.2. The van der Waals surface area contributed by atoms with Crippen LogP contribution in [0.2, 0.25) is 0 Å². The molecule has 4 heteroatoms. The number of nitrogens with zero attached hydrogens (tertiary/aromatic N) is 4. The minimum absolute atomic E-state index is 0.397. The Labute approximate surface area is 258 Å². The molecule has 44 heavy (non-hydrogen) atoms. The van der Waals surface area contributed by atoms with Crippen molar-refractivity contribution >= 4 is 22.7 Å². The lowest BCUT2D eigenvalue weighted by Gasteiger charge is -2.42. The second-order valence-electron chi connectivity index (χ2n) is 12.2. The summed E-state index contributed by atoms with van der Waals surface area (Å²) in [6.07, 6.45) is 6.13. The van der Waals surface area contributed by atoms with Crippen molar-refractivity contribution in [1.82, 2.24) is 9.97 Å². The summed E-state index contributed by atoms with van der Waals surface area (Å²) in [4.78, 5) is 14.6. The van der Waals surface area contributed by atoms with Gasteiger partial charge in [0, 0.05) is 70.2 Å². The molecule has 4 nitrogen and oxygen atoms in total. The van der Waals surface area contributed by atoms with Crippen LogP contribution in [-0.2, 0) is 0 Å². The zero-order valence-electron chi connectivity index (χ0n) is 24.4. The molecule has 1 aliphatic carbocycles. The summed E-state index contributed by atoms with van der Waals surface area (Å²) < 4.78 is 0. The van der Waals surface area contributed by atoms with E-state index in [9.17, 15) is 0 Å². The van der Waals surface area contributed by atoms with Crippen molar-refractivity contribution < 1.29 is 0 Å². The molecule has 212 valence electrons. The third kappa shape index (κ3) is 3.98. The maximum atomic E-state index is 4.66. The largest absolute Gasteiger partial charge is 0.337 e. The molecule has 5 aromatic carbocycles. The van der Waals surface area contributed by atoms with E-state index in [2.05, 4.69) is 123 Å². The average molecular weight is 569 g/mol. The summed E-state index contributed by atoms with van der Waals surface area (Å²) in [5.74, 6) is 1.76. The highest BCUT2D eigenvalue weighted by Gasteiger charge is 2.51. The van der Waals surface area contributed by atoms with Gasteiger partial charge < -0.3 is 9.80 Å². The number of anilines is 4. The third-order valence-corrected chi connectivity index (χ3v) is 9.97. The topological polar surface area (TPSA) is 32.3 Å². The fraction of sp³-hybridized carbons (Fsp3) is 0.150. The van der Waals surface area contributed by atoms with Gasteiger partial charge in [-0.25, -0.2) is 9.97 Å². The molecule has 0 radical (unpaired) electrons. The first-order valence-corrected chi connectivity index (χ1v) is 15.6. The van der Waals surface area contributed by atoms with Gasteiger partial charge in [-0.05, 0) is 65.9 Å². The van der Waals surface area contributed by atoms with Gasteiger partial charge in [0.2, 0.25) is 0 Å². The van der Waals surface area contributed by atoms with Gasteiger partial charge in [-0.2, -0.15) is 0 Å². The van der Waals surface area contributed by atoms with Crippen molar-refractivity contribution in [2.24, 2.45) is 0 Å². The summed E-state index contributed by atoms with van der Waals surface area (Å²) in [6.45, 7) is 0. The van der Waals surface area contributed by atoms with Crippen molar-refractivity contribution in [2.45, 2.75) is 36.8 Å². The van der Waals surface area contributed by atoms with E-state index in [1.807, 2.05) is 42.7 Å². The molecule has 3 heterocycles. The van der Waals surface area contributed by atoms with Gasteiger partial charge >= 0.3 is 0 Å². The molecule has 6 aromatic rings. The number of hydrogen-bond donors (Lipinski definition) is 0. The molecule has 1 aromatic heterocycles. The quantitative estimate of drug-likeness (QED) is 0.212. The molecule has 4 unspecified atom stereocenters. The van der Waals surface area contributed by atoms with Crippen LogP contribution in [-0.4, -0.2) is 22.1 Å². The molecular formula is C40H32N4. The molecule has 0 bridgehead atoms. The van der Waals surface area contributed by atoms with Crippen LogP contribution in [0.1, 0.15) is 35.8 Å². The van der Waals surface area contributed by atoms with Crippen LogP contribution in [0.5, 0.6) is 0 Å². The SMILES string of the molecule is c1ccc(-c2ncc(-c3ccc(N4c5ccccc5C5CC6c7ccccc7N(c7ccccc7)C6CC54)cc3)cn2)cc1. The first-order valence-electron chi connectivity index (χ1n) is 15.6. The van der Waals surface area contributed by atoms with E-state index in [1.54, 1.807) is 0 Å². The Morgan fingerprint density at radius 2 is 0.932 bits per heavy atom. The zero-order chi connectivity index (χ0) is 29.0. The fourth-order valence-electron chi connectivity index (χ4n) is 8.08. The smallest absolute Gasteiger partial charge is 0.159 e. The Morgan fingerprint density at radius 1 is 0.432 bits per heavy atom. The second-order valence-corrected chi connectivity index (χ2v) is 12.2. The molecule has 2 aliphatic heterocycles. The Hall–Kier alpha value is -5.22. The maximum Gasteiger partial charge on any atom is 0.159 e. The molecule has 1 saturated carbocycles. The minimum atomic E-state index is 0.397. The van der Waals surface area contributed by atoms with E-state index in [0.29, 0.717) is 23.9 Å². The lowest BCUT2D eigenvalue weighted by Crippen LogP contribution is -2.44. The Bertz CT molecular complexity index is 1940. The molecule has 1 fully saturated rings. The van der Waals surface area contributed by atoms with Gasteiger partial charge in [-0.3, -0.25) is 0 Å². The summed E-state index contributed by atoms with van der Waals surface area (Å²) in [5, 5.41) is 0. The van der Waals surface area contributed by atoms with E-state index in [0.717, 1.165) is 35.4 Å². The number of rotatable bonds is 4. The molecule has 0 amide bonds. The van der Waals surface area contributed by atoms with Crippen LogP contribution in [0.15, 0.2) is 146 Å². The van der Waals surface area contributed by atoms with Crippen LogP contribution in [0, 0.1) is 0 Å². The zero-order valence-corrected chi connectivity index (χ0v) is 24.4. The van der Waals surface area contributed by atoms with E-state index < -0.39 is 0 Å². The maximum absolute atomic E-state index is 4.66. The van der Waals surface area contributed by atoms with Crippen LogP contribution in [0.3, 0.4) is 0 Å².